The molecule has 28 heavy (non-hydrogen) atoms. The molecular formula is C23H34BrClN2O. The maximum absolute atomic E-state index is 11.8. The van der Waals surface area contributed by atoms with Gasteiger partial charge in [-0.05, 0) is 100 Å². The Kier molecular flexibility index (Phi) is 8.68. The van der Waals surface area contributed by atoms with E-state index >= 15 is 0 Å². The molecule has 1 unspecified atom stereocenters. The van der Waals surface area contributed by atoms with Gasteiger partial charge in [0, 0.05) is 28.5 Å². The molecule has 1 atom stereocenters. The Labute approximate surface area is 183 Å². The van der Waals surface area contributed by atoms with Gasteiger partial charge in [-0.1, -0.05) is 34.5 Å². The van der Waals surface area contributed by atoms with Gasteiger partial charge in [-0.3, -0.25) is 4.79 Å². The molecule has 5 heteroatoms. The van der Waals surface area contributed by atoms with Crippen molar-refractivity contribution in [2.24, 2.45) is 11.8 Å². The SMILES string of the molecule is CCCC(=O)NC1CCC(CCN2CCC(Cc3cc(Cl)ccc3Br)C2)CC1. The van der Waals surface area contributed by atoms with Crippen LogP contribution in [0.15, 0.2) is 22.7 Å². The molecule has 1 saturated heterocycles. The smallest absolute Gasteiger partial charge is 0.220 e. The summed E-state index contributed by atoms with van der Waals surface area (Å²) in [5, 5.41) is 4.04. The van der Waals surface area contributed by atoms with Crippen LogP contribution in [0.1, 0.15) is 63.9 Å². The summed E-state index contributed by atoms with van der Waals surface area (Å²) in [6.07, 6.45) is 10.2. The fourth-order valence-electron chi connectivity index (χ4n) is 4.78. The highest BCUT2D eigenvalue weighted by atomic mass is 79.9. The van der Waals surface area contributed by atoms with Crippen molar-refractivity contribution in [3.63, 3.8) is 0 Å². The molecule has 3 rings (SSSR count). The van der Waals surface area contributed by atoms with Gasteiger partial charge < -0.3 is 10.2 Å². The highest BCUT2D eigenvalue weighted by molar-refractivity contribution is 9.10. The van der Waals surface area contributed by atoms with Gasteiger partial charge in [0.25, 0.3) is 0 Å². The number of amides is 1. The summed E-state index contributed by atoms with van der Waals surface area (Å²) < 4.78 is 1.18. The second kappa shape index (κ2) is 11.0. The van der Waals surface area contributed by atoms with Gasteiger partial charge in [-0.15, -0.1) is 0 Å². The van der Waals surface area contributed by atoms with E-state index in [0.29, 0.717) is 12.5 Å². The van der Waals surface area contributed by atoms with Crippen molar-refractivity contribution >= 4 is 33.4 Å². The zero-order chi connectivity index (χ0) is 19.9. The third-order valence-electron chi connectivity index (χ3n) is 6.43. The largest absolute Gasteiger partial charge is 0.353 e. The van der Waals surface area contributed by atoms with Crippen molar-refractivity contribution in [3.05, 3.63) is 33.3 Å². The Morgan fingerprint density at radius 2 is 2.00 bits per heavy atom. The van der Waals surface area contributed by atoms with E-state index in [0.717, 1.165) is 42.5 Å². The summed E-state index contributed by atoms with van der Waals surface area (Å²) in [4.78, 5) is 14.4. The average Bonchev–Trinajstić information content (AvgIpc) is 3.12. The van der Waals surface area contributed by atoms with Crippen LogP contribution in [0.25, 0.3) is 0 Å². The Hall–Kier alpha value is -0.580. The first-order valence-electron chi connectivity index (χ1n) is 11.0. The number of benzene rings is 1. The Morgan fingerprint density at radius 1 is 1.21 bits per heavy atom. The van der Waals surface area contributed by atoms with Crippen LogP contribution in [0.3, 0.4) is 0 Å². The molecule has 156 valence electrons. The van der Waals surface area contributed by atoms with E-state index in [-0.39, 0.29) is 5.91 Å². The number of nitrogens with one attached hydrogen (secondary N) is 1. The van der Waals surface area contributed by atoms with Crippen molar-refractivity contribution in [2.45, 2.75) is 70.8 Å². The van der Waals surface area contributed by atoms with Gasteiger partial charge in [0.05, 0.1) is 0 Å². The second-order valence-corrected chi connectivity index (χ2v) is 10.0. The Bertz CT molecular complexity index is 645. The van der Waals surface area contributed by atoms with E-state index in [1.807, 2.05) is 6.07 Å². The van der Waals surface area contributed by atoms with Gasteiger partial charge in [0.1, 0.15) is 0 Å². The Morgan fingerprint density at radius 3 is 2.75 bits per heavy atom. The van der Waals surface area contributed by atoms with Crippen molar-refractivity contribution in [1.82, 2.24) is 10.2 Å². The van der Waals surface area contributed by atoms with Crippen LogP contribution in [0.5, 0.6) is 0 Å². The third-order valence-corrected chi connectivity index (χ3v) is 7.44. The molecule has 3 nitrogen and oxygen atoms in total. The minimum atomic E-state index is 0.236. The molecule has 1 aromatic carbocycles. The molecule has 1 N–H and O–H groups in total. The van der Waals surface area contributed by atoms with Crippen LogP contribution < -0.4 is 5.32 Å². The molecule has 0 aromatic heterocycles. The maximum Gasteiger partial charge on any atom is 0.220 e. The second-order valence-electron chi connectivity index (χ2n) is 8.72. The molecule has 1 saturated carbocycles. The molecule has 1 heterocycles. The summed E-state index contributed by atoms with van der Waals surface area (Å²) in [5.41, 5.74) is 1.34. The fraction of sp³-hybridized carbons (Fsp3) is 0.696. The number of nitrogens with zero attached hydrogens (tertiary/aromatic N) is 1. The highest BCUT2D eigenvalue weighted by Gasteiger charge is 2.26. The number of carbonyl (C=O) groups excluding carboxylic acids is 1. The molecule has 0 bridgehead atoms. The number of hydrogen-bond acceptors (Lipinski definition) is 2. The molecule has 2 fully saturated rings. The normalized spacial score (nSPS) is 25.8. The van der Waals surface area contributed by atoms with Crippen molar-refractivity contribution in [3.8, 4) is 0 Å². The quantitative estimate of drug-likeness (QED) is 0.519. The number of hydrogen-bond donors (Lipinski definition) is 1. The average molecular weight is 470 g/mol. The van der Waals surface area contributed by atoms with E-state index in [9.17, 15) is 4.79 Å². The fourth-order valence-corrected chi connectivity index (χ4v) is 5.38. The summed E-state index contributed by atoms with van der Waals surface area (Å²) in [7, 11) is 0. The topological polar surface area (TPSA) is 32.3 Å². The predicted molar refractivity (Wildman–Crippen MR) is 121 cm³/mol. The summed E-state index contributed by atoms with van der Waals surface area (Å²) >= 11 is 9.83. The van der Waals surface area contributed by atoms with Crippen LogP contribution in [0.2, 0.25) is 5.02 Å². The van der Waals surface area contributed by atoms with Gasteiger partial charge in [0.15, 0.2) is 0 Å². The summed E-state index contributed by atoms with van der Waals surface area (Å²) in [5.74, 6) is 1.81. The first-order valence-corrected chi connectivity index (χ1v) is 12.2. The molecule has 0 radical (unpaired) electrons. The zero-order valence-electron chi connectivity index (χ0n) is 17.1. The monoisotopic (exact) mass is 468 g/mol. The van der Waals surface area contributed by atoms with Crippen LogP contribution in [-0.4, -0.2) is 36.5 Å². The molecule has 1 aliphatic carbocycles. The van der Waals surface area contributed by atoms with Crippen LogP contribution in [0.4, 0.5) is 0 Å². The third kappa shape index (κ3) is 6.74. The highest BCUT2D eigenvalue weighted by Crippen LogP contribution is 2.30. The molecule has 1 amide bonds. The van der Waals surface area contributed by atoms with Gasteiger partial charge >= 0.3 is 0 Å². The van der Waals surface area contributed by atoms with E-state index in [1.54, 1.807) is 0 Å². The van der Waals surface area contributed by atoms with E-state index in [2.05, 4.69) is 45.2 Å². The van der Waals surface area contributed by atoms with Crippen LogP contribution in [-0.2, 0) is 11.2 Å². The minimum Gasteiger partial charge on any atom is -0.353 e. The molecule has 1 aromatic rings. The number of halogens is 2. The van der Waals surface area contributed by atoms with Crippen molar-refractivity contribution in [2.75, 3.05) is 19.6 Å². The lowest BCUT2D eigenvalue weighted by atomic mass is 9.84. The van der Waals surface area contributed by atoms with E-state index in [4.69, 9.17) is 11.6 Å². The van der Waals surface area contributed by atoms with Crippen LogP contribution >= 0.6 is 27.5 Å². The van der Waals surface area contributed by atoms with E-state index in [1.165, 1.54) is 55.4 Å². The first-order chi connectivity index (χ1) is 13.5. The van der Waals surface area contributed by atoms with Gasteiger partial charge in [-0.2, -0.15) is 0 Å². The van der Waals surface area contributed by atoms with Gasteiger partial charge in [-0.25, -0.2) is 0 Å². The molecule has 0 spiro atoms. The van der Waals surface area contributed by atoms with Gasteiger partial charge in [0.2, 0.25) is 5.91 Å². The standard InChI is InChI=1S/C23H34BrClN2O/c1-2-3-23(28)26-21-7-4-17(5-8-21)10-12-27-13-11-18(16-27)14-19-15-20(25)6-9-22(19)24/h6,9,15,17-18,21H,2-5,7-8,10-14,16H2,1H3,(H,26,28). The molecular weight excluding hydrogens is 436 g/mol. The predicted octanol–water partition coefficient (Wildman–Crippen LogP) is 5.83. The lowest BCUT2D eigenvalue weighted by Gasteiger charge is -2.30. The zero-order valence-corrected chi connectivity index (χ0v) is 19.4. The molecule has 2 aliphatic rings. The van der Waals surface area contributed by atoms with Crippen LogP contribution in [0, 0.1) is 11.8 Å². The number of rotatable bonds is 8. The lowest BCUT2D eigenvalue weighted by molar-refractivity contribution is -0.122. The lowest BCUT2D eigenvalue weighted by Crippen LogP contribution is -2.37. The number of likely N-dealkylation sites (tertiary alicyclic amines) is 1. The van der Waals surface area contributed by atoms with E-state index < -0.39 is 0 Å². The summed E-state index contributed by atoms with van der Waals surface area (Å²) in [6.45, 7) is 5.73. The number of carbonyl (C=O) groups is 1. The minimum absolute atomic E-state index is 0.236. The Balaban J connectivity index is 1.34. The first kappa shape index (κ1) is 22.1. The van der Waals surface area contributed by atoms with Crippen molar-refractivity contribution < 1.29 is 4.79 Å². The summed E-state index contributed by atoms with van der Waals surface area (Å²) in [6, 6.07) is 6.53. The maximum atomic E-state index is 11.8. The van der Waals surface area contributed by atoms with Crippen molar-refractivity contribution in [1.29, 1.82) is 0 Å². The molecule has 1 aliphatic heterocycles.